The lowest BCUT2D eigenvalue weighted by atomic mass is 10.1. The van der Waals surface area contributed by atoms with Gasteiger partial charge in [0.05, 0.1) is 15.9 Å². The second kappa shape index (κ2) is 8.39. The van der Waals surface area contributed by atoms with E-state index in [1.54, 1.807) is 0 Å². The topological polar surface area (TPSA) is 101 Å². The molecule has 1 atom stereocenters. The second-order valence-corrected chi connectivity index (χ2v) is 8.77. The molecule has 1 unspecified atom stereocenters. The maximum atomic E-state index is 12.7. The van der Waals surface area contributed by atoms with Crippen molar-refractivity contribution in [3.8, 4) is 0 Å². The molecule has 0 radical (unpaired) electrons. The Morgan fingerprint density at radius 2 is 1.75 bits per heavy atom. The third-order valence-corrected chi connectivity index (χ3v) is 6.57. The summed E-state index contributed by atoms with van der Waals surface area (Å²) in [5.74, 6) is 0. The van der Waals surface area contributed by atoms with Crippen LogP contribution in [0.15, 0.2) is 47.5 Å². The summed E-state index contributed by atoms with van der Waals surface area (Å²) in [6.07, 6.45) is 1.95. The van der Waals surface area contributed by atoms with E-state index in [9.17, 15) is 18.5 Å². The molecule has 2 heterocycles. The highest BCUT2D eigenvalue weighted by Gasteiger charge is 2.27. The summed E-state index contributed by atoms with van der Waals surface area (Å²) in [4.78, 5) is 14.8. The van der Waals surface area contributed by atoms with Crippen LogP contribution in [0.25, 0.3) is 0 Å². The summed E-state index contributed by atoms with van der Waals surface area (Å²) in [7, 11) is 0.253. The van der Waals surface area contributed by atoms with Crippen LogP contribution in [0.1, 0.15) is 11.7 Å². The molecule has 1 aliphatic heterocycles. The highest BCUT2D eigenvalue weighted by atomic mass is 32.2. The molecular weight excluding hydrogens is 382 g/mol. The lowest BCUT2D eigenvalue weighted by molar-refractivity contribution is -0.384. The molecule has 0 amide bonds. The standard InChI is InChI=1S/C18H25N5O4S/c1-20-10-12-22(13-11-20)18(17-4-3-9-21(17)2)14-19-28(26,27)16-7-5-15(6-8-16)23(24)25/h3-9,18-19H,10-14H2,1-2H3. The minimum absolute atomic E-state index is 0.0158. The van der Waals surface area contributed by atoms with Gasteiger partial charge in [0.15, 0.2) is 0 Å². The average molecular weight is 407 g/mol. The molecule has 0 aliphatic carbocycles. The van der Waals surface area contributed by atoms with Gasteiger partial charge in [-0.2, -0.15) is 0 Å². The molecule has 0 saturated carbocycles. The number of nitro benzene ring substituents is 1. The van der Waals surface area contributed by atoms with E-state index < -0.39 is 14.9 Å². The highest BCUT2D eigenvalue weighted by molar-refractivity contribution is 7.89. The number of non-ortho nitro benzene ring substituents is 1. The fourth-order valence-corrected chi connectivity index (χ4v) is 4.43. The van der Waals surface area contributed by atoms with Crippen molar-refractivity contribution in [3.63, 3.8) is 0 Å². The van der Waals surface area contributed by atoms with Crippen molar-refractivity contribution in [2.24, 2.45) is 7.05 Å². The predicted octanol–water partition coefficient (Wildman–Crippen LogP) is 1.20. The molecule has 10 heteroatoms. The van der Waals surface area contributed by atoms with Crippen LogP contribution in [-0.2, 0) is 17.1 Å². The van der Waals surface area contributed by atoms with Gasteiger partial charge in [0.1, 0.15) is 0 Å². The Morgan fingerprint density at radius 3 is 2.29 bits per heavy atom. The van der Waals surface area contributed by atoms with Crippen LogP contribution in [0.4, 0.5) is 5.69 Å². The molecule has 1 fully saturated rings. The Bertz CT molecular complexity index is 918. The molecule has 1 aromatic carbocycles. The lowest BCUT2D eigenvalue weighted by Gasteiger charge is -2.38. The molecule has 28 heavy (non-hydrogen) atoms. The van der Waals surface area contributed by atoms with Gasteiger partial charge in [-0.3, -0.25) is 15.0 Å². The van der Waals surface area contributed by atoms with Crippen LogP contribution in [-0.4, -0.2) is 67.5 Å². The first-order valence-electron chi connectivity index (χ1n) is 9.06. The quantitative estimate of drug-likeness (QED) is 0.547. The Labute approximate surface area is 164 Å². The van der Waals surface area contributed by atoms with Crippen LogP contribution in [0.3, 0.4) is 0 Å². The van der Waals surface area contributed by atoms with Gasteiger partial charge >= 0.3 is 0 Å². The summed E-state index contributed by atoms with van der Waals surface area (Å²) in [5.41, 5.74) is 0.897. The molecule has 1 aliphatic rings. The van der Waals surface area contributed by atoms with Crippen LogP contribution >= 0.6 is 0 Å². The van der Waals surface area contributed by atoms with Crippen molar-refractivity contribution in [1.82, 2.24) is 19.1 Å². The van der Waals surface area contributed by atoms with E-state index in [1.165, 1.54) is 24.3 Å². The number of nitrogens with one attached hydrogen (secondary N) is 1. The average Bonchev–Trinajstić information content (AvgIpc) is 3.09. The molecule has 9 nitrogen and oxygen atoms in total. The van der Waals surface area contributed by atoms with Crippen LogP contribution in [0, 0.1) is 10.1 Å². The fraction of sp³-hybridized carbons (Fsp3) is 0.444. The maximum absolute atomic E-state index is 12.7. The van der Waals surface area contributed by atoms with Gasteiger partial charge in [0.2, 0.25) is 10.0 Å². The first-order chi connectivity index (χ1) is 13.3. The van der Waals surface area contributed by atoms with E-state index >= 15 is 0 Å². The van der Waals surface area contributed by atoms with Gasteiger partial charge in [-0.25, -0.2) is 13.1 Å². The van der Waals surface area contributed by atoms with E-state index in [0.717, 1.165) is 31.9 Å². The van der Waals surface area contributed by atoms with E-state index in [4.69, 9.17) is 0 Å². The lowest BCUT2D eigenvalue weighted by Crippen LogP contribution is -2.48. The Balaban J connectivity index is 1.77. The summed E-state index contributed by atoms with van der Waals surface area (Å²) < 4.78 is 30.1. The van der Waals surface area contributed by atoms with E-state index in [0.29, 0.717) is 0 Å². The van der Waals surface area contributed by atoms with Gasteiger partial charge in [-0.05, 0) is 31.3 Å². The van der Waals surface area contributed by atoms with Gasteiger partial charge in [-0.1, -0.05) is 0 Å². The number of benzene rings is 1. The number of nitrogens with zero attached hydrogens (tertiary/aromatic N) is 4. The van der Waals surface area contributed by atoms with Crippen LogP contribution in [0.2, 0.25) is 0 Å². The number of likely N-dealkylation sites (N-methyl/N-ethyl adjacent to an activating group) is 1. The van der Waals surface area contributed by atoms with E-state index in [1.807, 2.05) is 29.9 Å². The highest BCUT2D eigenvalue weighted by Crippen LogP contribution is 2.23. The molecule has 0 spiro atoms. The monoisotopic (exact) mass is 407 g/mol. The zero-order valence-electron chi connectivity index (χ0n) is 16.0. The number of aromatic nitrogens is 1. The molecule has 1 aromatic heterocycles. The van der Waals surface area contributed by atoms with Crippen molar-refractivity contribution in [2.75, 3.05) is 39.8 Å². The number of hydrogen-bond donors (Lipinski definition) is 1. The van der Waals surface area contributed by atoms with Crippen molar-refractivity contribution in [2.45, 2.75) is 10.9 Å². The van der Waals surface area contributed by atoms with Crippen LogP contribution in [0.5, 0.6) is 0 Å². The number of aryl methyl sites for hydroxylation is 1. The molecule has 1 N–H and O–H groups in total. The minimum Gasteiger partial charge on any atom is -0.353 e. The Kier molecular flexibility index (Phi) is 6.14. The second-order valence-electron chi connectivity index (χ2n) is 7.00. The molecule has 152 valence electrons. The summed E-state index contributed by atoms with van der Waals surface area (Å²) in [6.45, 7) is 3.78. The Hall–Kier alpha value is -2.27. The zero-order valence-corrected chi connectivity index (χ0v) is 16.8. The minimum atomic E-state index is -3.77. The van der Waals surface area contributed by atoms with E-state index in [2.05, 4.69) is 21.6 Å². The number of rotatable bonds is 7. The number of hydrogen-bond acceptors (Lipinski definition) is 6. The summed E-state index contributed by atoms with van der Waals surface area (Å²) in [5, 5.41) is 10.8. The number of nitro groups is 1. The summed E-state index contributed by atoms with van der Waals surface area (Å²) >= 11 is 0. The number of sulfonamides is 1. The smallest absolute Gasteiger partial charge is 0.269 e. The molecule has 3 rings (SSSR count). The first-order valence-corrected chi connectivity index (χ1v) is 10.5. The molecule has 0 bridgehead atoms. The Morgan fingerprint density at radius 1 is 1.11 bits per heavy atom. The zero-order chi connectivity index (χ0) is 20.3. The third kappa shape index (κ3) is 4.58. The molecule has 2 aromatic rings. The van der Waals surface area contributed by atoms with Gasteiger partial charge < -0.3 is 9.47 Å². The normalized spacial score (nSPS) is 17.5. The molecule has 1 saturated heterocycles. The van der Waals surface area contributed by atoms with Gasteiger partial charge in [-0.15, -0.1) is 0 Å². The van der Waals surface area contributed by atoms with Gasteiger partial charge in [0, 0.05) is 63.8 Å². The third-order valence-electron chi connectivity index (χ3n) is 5.13. The predicted molar refractivity (Wildman–Crippen MR) is 106 cm³/mol. The van der Waals surface area contributed by atoms with Crippen molar-refractivity contribution in [1.29, 1.82) is 0 Å². The maximum Gasteiger partial charge on any atom is 0.269 e. The number of piperazine rings is 1. The fourth-order valence-electron chi connectivity index (χ4n) is 3.39. The largest absolute Gasteiger partial charge is 0.353 e. The summed E-state index contributed by atoms with van der Waals surface area (Å²) in [6, 6.07) is 8.77. The van der Waals surface area contributed by atoms with Crippen molar-refractivity contribution >= 4 is 15.7 Å². The SMILES string of the molecule is CN1CCN(C(CNS(=O)(=O)c2ccc([N+](=O)[O-])cc2)c2cccn2C)CC1. The van der Waals surface area contributed by atoms with Crippen molar-refractivity contribution in [3.05, 3.63) is 58.4 Å². The van der Waals surface area contributed by atoms with Crippen molar-refractivity contribution < 1.29 is 13.3 Å². The van der Waals surface area contributed by atoms with Gasteiger partial charge in [0.25, 0.3) is 5.69 Å². The molecular formula is C18H25N5O4S. The van der Waals surface area contributed by atoms with E-state index in [-0.39, 0.29) is 23.2 Å². The first kappa shape index (κ1) is 20.5. The van der Waals surface area contributed by atoms with Crippen LogP contribution < -0.4 is 4.72 Å².